The Balaban J connectivity index is 0. The lowest BCUT2D eigenvalue weighted by molar-refractivity contribution is -0.928. The Morgan fingerprint density at radius 2 is 1.05 bits per heavy atom. The predicted molar refractivity (Wildman–Crippen MR) is 84.4 cm³/mol. The molecular weight excluding hydrogens is 369 g/mol. The van der Waals surface area contributed by atoms with Gasteiger partial charge in [-0.1, -0.05) is 40.0 Å². The first-order valence-electron chi connectivity index (χ1n) is 8.15. The summed E-state index contributed by atoms with van der Waals surface area (Å²) in [6.45, 7) is 12.3. The van der Waals surface area contributed by atoms with E-state index >= 15 is 0 Å². The summed E-state index contributed by atoms with van der Waals surface area (Å²) in [5.41, 5.74) is 0. The second-order valence-corrected chi connectivity index (χ2v) is 6.07. The molecule has 0 saturated heterocycles. The van der Waals surface area contributed by atoms with E-state index in [4.69, 9.17) is 11.6 Å². The zero-order chi connectivity index (χ0) is 13.7. The van der Waals surface area contributed by atoms with Gasteiger partial charge in [0.25, 0.3) is 0 Å². The highest BCUT2D eigenvalue weighted by atomic mass is 127. The first kappa shape index (κ1) is 22.3. The van der Waals surface area contributed by atoms with E-state index in [9.17, 15) is 0 Å². The lowest BCUT2D eigenvalue weighted by atomic mass is 10.1. The van der Waals surface area contributed by atoms with Crippen LogP contribution in [0.1, 0.15) is 72.1 Å². The molecule has 0 heterocycles. The van der Waals surface area contributed by atoms with Crippen molar-refractivity contribution < 1.29 is 28.5 Å². The fourth-order valence-corrected chi connectivity index (χ4v) is 2.87. The van der Waals surface area contributed by atoms with Gasteiger partial charge in [-0.25, -0.2) is 0 Å². The van der Waals surface area contributed by atoms with E-state index < -0.39 is 0 Å². The first-order valence-corrected chi connectivity index (χ1v) is 8.69. The summed E-state index contributed by atoms with van der Waals surface area (Å²) in [7, 11) is 0. The summed E-state index contributed by atoms with van der Waals surface area (Å²) in [6, 6.07) is 0. The molecule has 0 unspecified atom stereocenters. The van der Waals surface area contributed by atoms with Crippen LogP contribution in [0, 0.1) is 0 Å². The molecule has 0 aliphatic rings. The number of rotatable bonds is 13. The van der Waals surface area contributed by atoms with E-state index in [2.05, 4.69) is 20.8 Å². The minimum absolute atomic E-state index is 0. The number of hydrogen-bond donors (Lipinski definition) is 0. The highest BCUT2D eigenvalue weighted by molar-refractivity contribution is 6.17. The largest absolute Gasteiger partial charge is 1.00 e. The van der Waals surface area contributed by atoms with Crippen molar-refractivity contribution in [3.63, 3.8) is 0 Å². The molecule has 0 amide bonds. The van der Waals surface area contributed by atoms with E-state index in [1.807, 2.05) is 0 Å². The molecule has 0 rings (SSSR count). The van der Waals surface area contributed by atoms with Crippen molar-refractivity contribution in [3.05, 3.63) is 0 Å². The average Bonchev–Trinajstić information content (AvgIpc) is 2.40. The molecule has 0 aromatic heterocycles. The molecule has 0 saturated carbocycles. The Kier molecular flexibility index (Phi) is 18.0. The van der Waals surface area contributed by atoms with Crippen LogP contribution in [0.25, 0.3) is 0 Å². The van der Waals surface area contributed by atoms with Crippen molar-refractivity contribution in [2.24, 2.45) is 0 Å². The summed E-state index contributed by atoms with van der Waals surface area (Å²) < 4.78 is 1.34. The van der Waals surface area contributed by atoms with E-state index in [0.29, 0.717) is 0 Å². The molecule has 0 bridgehead atoms. The first-order chi connectivity index (χ1) is 8.74. The van der Waals surface area contributed by atoms with Gasteiger partial charge in [0, 0.05) is 12.3 Å². The number of halogens is 2. The van der Waals surface area contributed by atoms with Gasteiger partial charge in [-0.3, -0.25) is 0 Å². The van der Waals surface area contributed by atoms with Crippen molar-refractivity contribution in [2.45, 2.75) is 72.1 Å². The average molecular weight is 404 g/mol. The molecule has 1 nitrogen and oxygen atoms in total. The van der Waals surface area contributed by atoms with E-state index in [1.165, 1.54) is 82.0 Å². The van der Waals surface area contributed by atoms with E-state index in [-0.39, 0.29) is 24.0 Å². The Morgan fingerprint density at radius 3 is 1.47 bits per heavy atom. The zero-order valence-electron chi connectivity index (χ0n) is 13.4. The van der Waals surface area contributed by atoms with Crippen molar-refractivity contribution >= 4 is 11.6 Å². The van der Waals surface area contributed by atoms with Gasteiger partial charge < -0.3 is 28.5 Å². The third-order valence-electron chi connectivity index (χ3n) is 3.97. The number of quaternary nitrogens is 1. The molecule has 0 aliphatic heterocycles. The lowest BCUT2D eigenvalue weighted by Crippen LogP contribution is -3.00. The molecular formula is C16H35ClIN. The zero-order valence-corrected chi connectivity index (χ0v) is 16.3. The van der Waals surface area contributed by atoms with Crippen LogP contribution >= 0.6 is 11.6 Å². The molecule has 0 spiro atoms. The second-order valence-electron chi connectivity index (χ2n) is 5.69. The van der Waals surface area contributed by atoms with Crippen LogP contribution in [0.4, 0.5) is 0 Å². The smallest absolute Gasteiger partial charge is 0.0798 e. The number of unbranched alkanes of at least 4 members (excludes halogenated alkanes) is 4. The summed E-state index contributed by atoms with van der Waals surface area (Å²) >= 11 is 5.93. The fraction of sp³-hybridized carbons (Fsp3) is 1.00. The summed E-state index contributed by atoms with van der Waals surface area (Å²) in [5, 5.41) is 0. The number of hydrogen-bond acceptors (Lipinski definition) is 0. The standard InChI is InChI=1S/C16H35ClN.HI/c1-4-7-10-15-18(13-8-5-2,14-9-6-3)16-11-12-17;/h4-16H2,1-3H3;1H/q+1;/p-1. The maximum atomic E-state index is 5.93. The minimum Gasteiger partial charge on any atom is -1.00 e. The minimum atomic E-state index is 0. The number of nitrogens with zero attached hydrogens (tertiary/aromatic N) is 1. The molecule has 0 aromatic carbocycles. The SMILES string of the molecule is CCCCC[N+](CCCC)(CCCC)CCCCl.[I-]. The van der Waals surface area contributed by atoms with Crippen molar-refractivity contribution in [1.82, 2.24) is 0 Å². The van der Waals surface area contributed by atoms with Gasteiger partial charge in [-0.2, -0.15) is 0 Å². The van der Waals surface area contributed by atoms with Gasteiger partial charge in [0.2, 0.25) is 0 Å². The van der Waals surface area contributed by atoms with Crippen LogP contribution in [0.5, 0.6) is 0 Å². The maximum Gasteiger partial charge on any atom is 0.0798 e. The van der Waals surface area contributed by atoms with Gasteiger partial charge in [0.1, 0.15) is 0 Å². The Labute approximate surface area is 144 Å². The molecule has 0 aliphatic carbocycles. The maximum absolute atomic E-state index is 5.93. The summed E-state index contributed by atoms with van der Waals surface area (Å²) in [6.07, 6.45) is 10.7. The van der Waals surface area contributed by atoms with Crippen LogP contribution in [0.3, 0.4) is 0 Å². The molecule has 0 fully saturated rings. The molecule has 0 N–H and O–H groups in total. The van der Waals surface area contributed by atoms with Gasteiger partial charge in [-0.05, 0) is 25.7 Å². The quantitative estimate of drug-likeness (QED) is 0.191. The monoisotopic (exact) mass is 403 g/mol. The van der Waals surface area contributed by atoms with Gasteiger partial charge in [-0.15, -0.1) is 11.6 Å². The Bertz CT molecular complexity index is 154. The Hall–Kier alpha value is 0.980. The Morgan fingerprint density at radius 1 is 0.632 bits per heavy atom. The normalized spacial score (nSPS) is 11.4. The predicted octanol–water partition coefficient (Wildman–Crippen LogP) is 2.23. The van der Waals surface area contributed by atoms with E-state index in [1.54, 1.807) is 0 Å². The van der Waals surface area contributed by atoms with Gasteiger partial charge in [0.15, 0.2) is 0 Å². The van der Waals surface area contributed by atoms with Crippen LogP contribution in [0.2, 0.25) is 0 Å². The van der Waals surface area contributed by atoms with Crippen LogP contribution in [-0.2, 0) is 0 Å². The third kappa shape index (κ3) is 11.3. The lowest BCUT2D eigenvalue weighted by Gasteiger charge is -2.39. The van der Waals surface area contributed by atoms with E-state index in [0.717, 1.165) is 5.88 Å². The molecule has 118 valence electrons. The molecule has 0 radical (unpaired) electrons. The molecule has 0 aromatic rings. The second kappa shape index (κ2) is 15.4. The molecule has 19 heavy (non-hydrogen) atoms. The van der Waals surface area contributed by atoms with Crippen molar-refractivity contribution in [3.8, 4) is 0 Å². The third-order valence-corrected chi connectivity index (χ3v) is 4.24. The van der Waals surface area contributed by atoms with Crippen LogP contribution in [-0.4, -0.2) is 36.5 Å². The van der Waals surface area contributed by atoms with Gasteiger partial charge >= 0.3 is 0 Å². The van der Waals surface area contributed by atoms with Gasteiger partial charge in [0.05, 0.1) is 26.2 Å². The fourth-order valence-electron chi connectivity index (χ4n) is 2.75. The van der Waals surface area contributed by atoms with Crippen molar-refractivity contribution in [2.75, 3.05) is 32.1 Å². The molecule has 3 heteroatoms. The van der Waals surface area contributed by atoms with Crippen LogP contribution < -0.4 is 24.0 Å². The van der Waals surface area contributed by atoms with Crippen LogP contribution in [0.15, 0.2) is 0 Å². The topological polar surface area (TPSA) is 0 Å². The molecule has 0 atom stereocenters. The summed E-state index contributed by atoms with van der Waals surface area (Å²) in [5.74, 6) is 0.825. The highest BCUT2D eigenvalue weighted by Gasteiger charge is 2.24. The summed E-state index contributed by atoms with van der Waals surface area (Å²) in [4.78, 5) is 0. The number of alkyl halides is 1. The highest BCUT2D eigenvalue weighted by Crippen LogP contribution is 2.16. The van der Waals surface area contributed by atoms with Crippen molar-refractivity contribution in [1.29, 1.82) is 0 Å².